The molecule has 0 aromatic heterocycles. The van der Waals surface area contributed by atoms with E-state index in [0.29, 0.717) is 24.5 Å². The van der Waals surface area contributed by atoms with Gasteiger partial charge in [0.2, 0.25) is 0 Å². The number of nitro benzene ring substituents is 2. The van der Waals surface area contributed by atoms with Crippen molar-refractivity contribution in [3.05, 3.63) is 68.8 Å². The van der Waals surface area contributed by atoms with E-state index in [1.165, 1.54) is 48.5 Å². The monoisotopic (exact) mass is 400 g/mol. The van der Waals surface area contributed by atoms with Crippen LogP contribution in [0.5, 0.6) is 0 Å². The van der Waals surface area contributed by atoms with Gasteiger partial charge in [0.25, 0.3) is 11.4 Å². The Morgan fingerprint density at radius 3 is 1.38 bits per heavy atom. The molecule has 0 saturated heterocycles. The summed E-state index contributed by atoms with van der Waals surface area (Å²) in [5.74, 6) is 0. The number of benzene rings is 2. The average Bonchev–Trinajstić information content (AvgIpc) is 2.71. The fourth-order valence-corrected chi connectivity index (χ4v) is 2.16. The van der Waals surface area contributed by atoms with E-state index >= 15 is 0 Å². The summed E-state index contributed by atoms with van der Waals surface area (Å²) in [6.07, 6.45) is 0.742. The molecule has 12 nitrogen and oxygen atoms in total. The highest BCUT2D eigenvalue weighted by atomic mass is 16.6. The minimum absolute atomic E-state index is 0.00299. The number of hydrogen-bond donors (Lipinski definition) is 0. The molecule has 0 atom stereocenters. The summed E-state index contributed by atoms with van der Waals surface area (Å²) in [6.45, 7) is 1.24. The molecular weight excluding hydrogens is 380 g/mol. The number of non-ortho nitro benzene ring substituents is 2. The lowest BCUT2D eigenvalue weighted by molar-refractivity contribution is -0.385. The zero-order chi connectivity index (χ0) is 21.2. The molecule has 0 aliphatic rings. The zero-order valence-electron chi connectivity index (χ0n) is 16.0. The Hall–Kier alpha value is -3.96. The van der Waals surface area contributed by atoms with Crippen molar-refractivity contribution >= 4 is 22.7 Å². The van der Waals surface area contributed by atoms with Crippen LogP contribution >= 0.6 is 0 Å². The molecule has 2 aromatic rings. The molecule has 0 saturated carbocycles. The Morgan fingerprint density at radius 1 is 0.724 bits per heavy atom. The van der Waals surface area contributed by atoms with E-state index in [2.05, 4.69) is 20.7 Å². The van der Waals surface area contributed by atoms with Crippen LogP contribution < -0.4 is 0 Å². The molecule has 2 rings (SSSR count). The lowest BCUT2D eigenvalue weighted by atomic mass is 10.3. The largest absolute Gasteiger partial charge is 0.281 e. The third-order valence-electron chi connectivity index (χ3n) is 3.71. The first-order valence-electron chi connectivity index (χ1n) is 8.59. The van der Waals surface area contributed by atoms with Crippen molar-refractivity contribution in [2.75, 3.05) is 27.2 Å². The second-order valence-corrected chi connectivity index (χ2v) is 6.04. The Labute approximate surface area is 166 Å². The first kappa shape index (κ1) is 21.3. The molecule has 0 aliphatic heterocycles. The maximum atomic E-state index is 10.6. The van der Waals surface area contributed by atoms with Gasteiger partial charge in [-0.05, 0) is 30.7 Å². The van der Waals surface area contributed by atoms with Gasteiger partial charge in [-0.2, -0.15) is 0 Å². The van der Waals surface area contributed by atoms with E-state index in [-0.39, 0.29) is 11.4 Å². The van der Waals surface area contributed by atoms with Gasteiger partial charge < -0.3 is 0 Å². The van der Waals surface area contributed by atoms with Gasteiger partial charge >= 0.3 is 0 Å². The van der Waals surface area contributed by atoms with Crippen LogP contribution in [-0.2, 0) is 0 Å². The van der Waals surface area contributed by atoms with Gasteiger partial charge in [-0.25, -0.2) is 0 Å². The van der Waals surface area contributed by atoms with Crippen molar-refractivity contribution < 1.29 is 9.85 Å². The molecule has 152 valence electrons. The van der Waals surface area contributed by atoms with Crippen molar-refractivity contribution in [3.8, 4) is 0 Å². The molecule has 12 heteroatoms. The van der Waals surface area contributed by atoms with Gasteiger partial charge in [-0.15, -0.1) is 10.2 Å². The van der Waals surface area contributed by atoms with Crippen LogP contribution in [0.25, 0.3) is 0 Å². The molecule has 0 unspecified atom stereocenters. The minimum atomic E-state index is -0.470. The van der Waals surface area contributed by atoms with Gasteiger partial charge in [0.15, 0.2) is 0 Å². The molecule has 0 radical (unpaired) electrons. The van der Waals surface area contributed by atoms with Crippen LogP contribution in [0.15, 0.2) is 69.2 Å². The maximum absolute atomic E-state index is 10.6. The summed E-state index contributed by atoms with van der Waals surface area (Å²) in [4.78, 5) is 20.3. The van der Waals surface area contributed by atoms with Crippen molar-refractivity contribution in [2.45, 2.75) is 6.42 Å². The molecule has 0 amide bonds. The summed E-state index contributed by atoms with van der Waals surface area (Å²) in [6, 6.07) is 11.6. The number of hydrogen-bond acceptors (Lipinski definition) is 8. The Bertz CT molecular complexity index is 810. The van der Waals surface area contributed by atoms with E-state index < -0.39 is 9.85 Å². The molecule has 29 heavy (non-hydrogen) atoms. The molecule has 2 aromatic carbocycles. The standard InChI is InChI=1S/C17H20N8O4/c1-22(20-18-14-4-8-16(9-5-14)24(26)27)12-3-13-23(2)21-19-15-6-10-17(11-7-15)25(28)29/h4-11H,3,12-13H2,1-2H3. The van der Waals surface area contributed by atoms with E-state index in [4.69, 9.17) is 0 Å². The molecule has 0 heterocycles. The van der Waals surface area contributed by atoms with Crippen molar-refractivity contribution in [3.63, 3.8) is 0 Å². The van der Waals surface area contributed by atoms with E-state index in [0.717, 1.165) is 6.42 Å². The highest BCUT2D eigenvalue weighted by Gasteiger charge is 2.04. The first-order chi connectivity index (χ1) is 13.8. The molecule has 0 aliphatic carbocycles. The van der Waals surface area contributed by atoms with E-state index in [1.54, 1.807) is 24.1 Å². The number of nitro groups is 2. The Morgan fingerprint density at radius 2 is 1.07 bits per heavy atom. The molecule has 0 N–H and O–H groups in total. The predicted molar refractivity (Wildman–Crippen MR) is 105 cm³/mol. The van der Waals surface area contributed by atoms with Crippen LogP contribution in [0.4, 0.5) is 22.7 Å². The summed E-state index contributed by atoms with van der Waals surface area (Å²) >= 11 is 0. The quantitative estimate of drug-likeness (QED) is 0.327. The van der Waals surface area contributed by atoms with Gasteiger partial charge in [0.1, 0.15) is 0 Å². The zero-order valence-corrected chi connectivity index (χ0v) is 16.0. The number of nitrogens with zero attached hydrogens (tertiary/aromatic N) is 8. The van der Waals surface area contributed by atoms with Gasteiger partial charge in [0.05, 0.1) is 21.2 Å². The topological polar surface area (TPSA) is 142 Å². The highest BCUT2D eigenvalue weighted by Crippen LogP contribution is 2.19. The van der Waals surface area contributed by atoms with E-state index in [9.17, 15) is 20.2 Å². The van der Waals surface area contributed by atoms with Gasteiger partial charge in [-0.3, -0.25) is 30.2 Å². The normalized spacial score (nSPS) is 11.1. The second kappa shape index (κ2) is 10.4. The first-order valence-corrected chi connectivity index (χ1v) is 8.59. The van der Waals surface area contributed by atoms with Crippen LogP contribution in [0.1, 0.15) is 6.42 Å². The van der Waals surface area contributed by atoms with Crippen molar-refractivity contribution in [1.82, 2.24) is 10.0 Å². The maximum Gasteiger partial charge on any atom is 0.269 e. The van der Waals surface area contributed by atoms with Crippen LogP contribution in [0, 0.1) is 20.2 Å². The average molecular weight is 400 g/mol. The molecular formula is C17H20N8O4. The van der Waals surface area contributed by atoms with Gasteiger partial charge in [-0.1, -0.05) is 10.4 Å². The Kier molecular flexibility index (Phi) is 7.65. The fraction of sp³-hybridized carbons (Fsp3) is 0.294. The number of rotatable bonds is 10. The van der Waals surface area contributed by atoms with Crippen LogP contribution in [0.3, 0.4) is 0 Å². The van der Waals surface area contributed by atoms with Crippen LogP contribution in [-0.4, -0.2) is 47.0 Å². The highest BCUT2D eigenvalue weighted by molar-refractivity contribution is 5.44. The third kappa shape index (κ3) is 7.28. The fourth-order valence-electron chi connectivity index (χ4n) is 2.16. The second-order valence-electron chi connectivity index (χ2n) is 6.04. The smallest absolute Gasteiger partial charge is 0.269 e. The summed E-state index contributed by atoms with van der Waals surface area (Å²) in [5.41, 5.74) is 1.05. The van der Waals surface area contributed by atoms with Crippen molar-refractivity contribution in [1.29, 1.82) is 0 Å². The molecule has 0 fully saturated rings. The van der Waals surface area contributed by atoms with Gasteiger partial charge in [0, 0.05) is 51.5 Å². The lowest BCUT2D eigenvalue weighted by Gasteiger charge is -2.14. The lowest BCUT2D eigenvalue weighted by Crippen LogP contribution is -2.19. The van der Waals surface area contributed by atoms with Crippen LogP contribution in [0.2, 0.25) is 0 Å². The van der Waals surface area contributed by atoms with E-state index in [1.807, 2.05) is 0 Å². The predicted octanol–water partition coefficient (Wildman–Crippen LogP) is 4.45. The van der Waals surface area contributed by atoms with Crippen molar-refractivity contribution in [2.24, 2.45) is 20.7 Å². The SMILES string of the molecule is CN(CCCN(C)N=Nc1ccc([N+](=O)[O-])cc1)N=Nc1ccc([N+](=O)[O-])cc1. The summed E-state index contributed by atoms with van der Waals surface area (Å²) in [5, 5.41) is 40.7. The summed E-state index contributed by atoms with van der Waals surface area (Å²) in [7, 11) is 3.54. The molecule has 0 bridgehead atoms. The Balaban J connectivity index is 1.73. The minimum Gasteiger partial charge on any atom is -0.281 e. The molecule has 0 spiro atoms. The third-order valence-corrected chi connectivity index (χ3v) is 3.71. The summed E-state index contributed by atoms with van der Waals surface area (Å²) < 4.78 is 0.